The lowest BCUT2D eigenvalue weighted by atomic mass is 9.94. The van der Waals surface area contributed by atoms with E-state index in [4.69, 9.17) is 0 Å². The van der Waals surface area contributed by atoms with Crippen molar-refractivity contribution in [3.63, 3.8) is 0 Å². The highest BCUT2D eigenvalue weighted by molar-refractivity contribution is 9.10. The molecule has 1 atom stereocenters. The molecule has 1 N–H and O–H groups in total. The van der Waals surface area contributed by atoms with E-state index >= 15 is 0 Å². The maximum absolute atomic E-state index is 12.7. The van der Waals surface area contributed by atoms with Crippen LogP contribution in [-0.2, 0) is 4.79 Å². The molecular weight excluding hydrogens is 272 g/mol. The number of fused-ring (bicyclic) bond motifs is 1. The molecule has 80 valence electrons. The molecule has 0 saturated carbocycles. The summed E-state index contributed by atoms with van der Waals surface area (Å²) in [4.78, 5) is 18.7. The Hall–Kier alpha value is -1.11. The Morgan fingerprint density at radius 2 is 2.27 bits per heavy atom. The number of rotatable bonds is 1. The monoisotopic (exact) mass is 277 g/mol. The predicted octanol–water partition coefficient (Wildman–Crippen LogP) is 1.93. The maximum atomic E-state index is 12.7. The number of halogens is 3. The quantitative estimate of drug-likeness (QED) is 0.798. The Labute approximate surface area is 92.2 Å². The molecule has 1 aromatic rings. The van der Waals surface area contributed by atoms with Gasteiger partial charge in [0.15, 0.2) is 0 Å². The number of carbonyl (C=O) groups is 1. The van der Waals surface area contributed by atoms with E-state index in [0.29, 0.717) is 4.60 Å². The molecule has 1 aromatic heterocycles. The van der Waals surface area contributed by atoms with Crippen LogP contribution >= 0.6 is 15.9 Å². The molecule has 4 nitrogen and oxygen atoms in total. The Morgan fingerprint density at radius 3 is 2.93 bits per heavy atom. The smallest absolute Gasteiger partial charge is 0.246 e. The standard InChI is InChI=1S/C8H6BrF2N3O/c9-6-5-3(7(10)11)1-4(15)14-8(5)13-2-12-6/h2-3,7H,1H2,(H,12,13,14,15)/t3-/m1/s1. The molecule has 0 unspecified atom stereocenters. The minimum atomic E-state index is -2.60. The number of amides is 1. The van der Waals surface area contributed by atoms with E-state index in [1.54, 1.807) is 0 Å². The van der Waals surface area contributed by atoms with Crippen LogP contribution in [0.2, 0.25) is 0 Å². The molecule has 0 aliphatic carbocycles. The van der Waals surface area contributed by atoms with Crippen LogP contribution in [0.15, 0.2) is 10.9 Å². The van der Waals surface area contributed by atoms with Crippen molar-refractivity contribution in [2.45, 2.75) is 18.8 Å². The average Bonchev–Trinajstić information content (AvgIpc) is 2.16. The molecule has 1 aliphatic heterocycles. The molecule has 0 saturated heterocycles. The van der Waals surface area contributed by atoms with Crippen molar-refractivity contribution in [2.75, 3.05) is 5.32 Å². The van der Waals surface area contributed by atoms with Gasteiger partial charge >= 0.3 is 0 Å². The van der Waals surface area contributed by atoms with Crippen molar-refractivity contribution >= 4 is 27.7 Å². The second-order valence-electron chi connectivity index (χ2n) is 3.12. The van der Waals surface area contributed by atoms with Crippen molar-refractivity contribution in [3.05, 3.63) is 16.5 Å². The molecule has 0 radical (unpaired) electrons. The summed E-state index contributed by atoms with van der Waals surface area (Å²) in [6, 6.07) is 0. The zero-order valence-electron chi connectivity index (χ0n) is 7.38. The molecule has 15 heavy (non-hydrogen) atoms. The first kappa shape index (κ1) is 10.4. The lowest BCUT2D eigenvalue weighted by molar-refractivity contribution is -0.117. The van der Waals surface area contributed by atoms with E-state index in [2.05, 4.69) is 31.2 Å². The molecule has 0 bridgehead atoms. The van der Waals surface area contributed by atoms with Crippen molar-refractivity contribution in [1.82, 2.24) is 9.97 Å². The highest BCUT2D eigenvalue weighted by Crippen LogP contribution is 2.38. The first-order chi connectivity index (χ1) is 7.09. The number of nitrogens with zero attached hydrogens (tertiary/aromatic N) is 2. The normalized spacial score (nSPS) is 20.0. The van der Waals surface area contributed by atoms with Gasteiger partial charge in [0.2, 0.25) is 12.3 Å². The van der Waals surface area contributed by atoms with Crippen molar-refractivity contribution in [3.8, 4) is 0 Å². The summed E-state index contributed by atoms with van der Waals surface area (Å²) in [5.41, 5.74) is 0.270. The van der Waals surface area contributed by atoms with Gasteiger partial charge in [0.05, 0.1) is 5.92 Å². The topological polar surface area (TPSA) is 54.9 Å². The first-order valence-corrected chi connectivity index (χ1v) is 4.97. The second kappa shape index (κ2) is 3.80. The third-order valence-corrected chi connectivity index (χ3v) is 2.81. The third-order valence-electron chi connectivity index (χ3n) is 2.17. The minimum Gasteiger partial charge on any atom is -0.310 e. The molecule has 7 heteroatoms. The van der Waals surface area contributed by atoms with Gasteiger partial charge in [0.1, 0.15) is 16.7 Å². The number of nitrogens with one attached hydrogen (secondary N) is 1. The molecular formula is C8H6BrF2N3O. The number of anilines is 1. The maximum Gasteiger partial charge on any atom is 0.246 e. The number of hydrogen-bond donors (Lipinski definition) is 1. The van der Waals surface area contributed by atoms with Gasteiger partial charge in [0.25, 0.3) is 0 Å². The van der Waals surface area contributed by atoms with Crippen LogP contribution in [0.4, 0.5) is 14.6 Å². The Morgan fingerprint density at radius 1 is 1.53 bits per heavy atom. The first-order valence-electron chi connectivity index (χ1n) is 4.18. The van der Waals surface area contributed by atoms with Gasteiger partial charge < -0.3 is 5.32 Å². The zero-order valence-corrected chi connectivity index (χ0v) is 8.96. The summed E-state index contributed by atoms with van der Waals surface area (Å²) < 4.78 is 25.7. The van der Waals surface area contributed by atoms with Crippen LogP contribution in [0.1, 0.15) is 17.9 Å². The number of carbonyl (C=O) groups excluding carboxylic acids is 1. The van der Waals surface area contributed by atoms with Crippen molar-refractivity contribution < 1.29 is 13.6 Å². The lowest BCUT2D eigenvalue weighted by Crippen LogP contribution is -2.28. The fourth-order valence-corrected chi connectivity index (χ4v) is 2.08. The van der Waals surface area contributed by atoms with Crippen LogP contribution in [0.25, 0.3) is 0 Å². The largest absolute Gasteiger partial charge is 0.310 e. The van der Waals surface area contributed by atoms with Gasteiger partial charge in [-0.1, -0.05) is 0 Å². The molecule has 0 fully saturated rings. The fraction of sp³-hybridized carbons (Fsp3) is 0.375. The van der Waals surface area contributed by atoms with Crippen LogP contribution in [0.5, 0.6) is 0 Å². The van der Waals surface area contributed by atoms with Gasteiger partial charge in [-0.25, -0.2) is 18.7 Å². The zero-order chi connectivity index (χ0) is 11.0. The van der Waals surface area contributed by atoms with Gasteiger partial charge in [-0.05, 0) is 15.9 Å². The minimum absolute atomic E-state index is 0.165. The van der Waals surface area contributed by atoms with Crippen molar-refractivity contribution in [2.24, 2.45) is 0 Å². The van der Waals surface area contributed by atoms with Crippen molar-refractivity contribution in [1.29, 1.82) is 0 Å². The predicted molar refractivity (Wildman–Crippen MR) is 51.7 cm³/mol. The average molecular weight is 278 g/mol. The van der Waals surface area contributed by atoms with E-state index in [1.807, 2.05) is 0 Å². The van der Waals surface area contributed by atoms with Gasteiger partial charge in [0, 0.05) is 12.0 Å². The lowest BCUT2D eigenvalue weighted by Gasteiger charge is -2.24. The summed E-state index contributed by atoms with van der Waals surface area (Å²) in [5.74, 6) is -1.42. The third kappa shape index (κ3) is 1.83. The SMILES string of the molecule is O=C1C[C@@H](C(F)F)c2c(Br)ncnc2N1. The fourth-order valence-electron chi connectivity index (χ4n) is 1.50. The Kier molecular flexibility index (Phi) is 2.64. The van der Waals surface area contributed by atoms with Gasteiger partial charge in [-0.3, -0.25) is 4.79 Å². The molecule has 0 spiro atoms. The van der Waals surface area contributed by atoms with Crippen LogP contribution in [0, 0.1) is 0 Å². The van der Waals surface area contributed by atoms with E-state index in [1.165, 1.54) is 6.33 Å². The van der Waals surface area contributed by atoms with E-state index in [9.17, 15) is 13.6 Å². The van der Waals surface area contributed by atoms with E-state index in [-0.39, 0.29) is 17.8 Å². The van der Waals surface area contributed by atoms with E-state index < -0.39 is 18.3 Å². The summed E-state index contributed by atoms with van der Waals surface area (Å²) in [6.45, 7) is 0. The van der Waals surface area contributed by atoms with Crippen LogP contribution < -0.4 is 5.32 Å². The number of aromatic nitrogens is 2. The molecule has 1 amide bonds. The Bertz CT molecular complexity index is 413. The summed E-state index contributed by atoms with van der Waals surface area (Å²) in [5, 5.41) is 2.43. The molecule has 2 heterocycles. The Balaban J connectivity index is 2.52. The van der Waals surface area contributed by atoms with Gasteiger partial charge in [-0.2, -0.15) is 0 Å². The summed E-state index contributed by atoms with van der Waals surface area (Å²) in [6.07, 6.45) is -1.63. The van der Waals surface area contributed by atoms with E-state index in [0.717, 1.165) is 0 Å². The number of hydrogen-bond acceptors (Lipinski definition) is 3. The summed E-state index contributed by atoms with van der Waals surface area (Å²) in [7, 11) is 0. The second-order valence-corrected chi connectivity index (χ2v) is 3.87. The molecule has 2 rings (SSSR count). The van der Waals surface area contributed by atoms with Crippen LogP contribution in [-0.4, -0.2) is 22.3 Å². The molecule has 1 aliphatic rings. The molecule has 0 aromatic carbocycles. The number of alkyl halides is 2. The highest BCUT2D eigenvalue weighted by Gasteiger charge is 2.34. The highest BCUT2D eigenvalue weighted by atomic mass is 79.9. The summed E-state index contributed by atoms with van der Waals surface area (Å²) >= 11 is 3.07. The van der Waals surface area contributed by atoms with Gasteiger partial charge in [-0.15, -0.1) is 0 Å². The van der Waals surface area contributed by atoms with Crippen LogP contribution in [0.3, 0.4) is 0 Å².